The highest BCUT2D eigenvalue weighted by Gasteiger charge is 2.67. The highest BCUT2D eigenvalue weighted by atomic mass is 35.5. The van der Waals surface area contributed by atoms with Gasteiger partial charge in [0.05, 0.1) is 11.8 Å². The van der Waals surface area contributed by atoms with Crippen LogP contribution in [-0.2, 0) is 35.2 Å². The van der Waals surface area contributed by atoms with Gasteiger partial charge in [0, 0.05) is 55.4 Å². The molecular formula is C49H73ClN2O7. The Bertz CT molecular complexity index is 1800. The molecule has 4 saturated carbocycles. The summed E-state index contributed by atoms with van der Waals surface area (Å²) in [6, 6.07) is 7.98. The number of carboxylic acid groups (broad SMARTS) is 1. The molecule has 9 nitrogen and oxygen atoms in total. The fourth-order valence-electron chi connectivity index (χ4n) is 13.6. The maximum Gasteiger partial charge on any atom is 0.309 e. The van der Waals surface area contributed by atoms with E-state index in [0.717, 1.165) is 75.6 Å². The molecule has 0 aliphatic heterocycles. The molecule has 5 aliphatic rings. The third-order valence-corrected chi connectivity index (χ3v) is 16.8. The fourth-order valence-corrected chi connectivity index (χ4v) is 13.7. The quantitative estimate of drug-likeness (QED) is 0.183. The maximum absolute atomic E-state index is 14.5. The second-order valence-corrected chi connectivity index (χ2v) is 22.1. The van der Waals surface area contributed by atoms with E-state index in [0.29, 0.717) is 42.3 Å². The zero-order valence-corrected chi connectivity index (χ0v) is 38.7. The summed E-state index contributed by atoms with van der Waals surface area (Å²) in [5, 5.41) is 10.4. The Hall–Kier alpha value is -2.75. The standard InChI is InChI=1S/C49H73ClN2O7/c1-30(2)42-37(54)26-49(40(58-31(3)53)29-52(25-24-51(10)11)28-32-12-14-33(50)15-13-32)23-22-47(8)34-18-19-38-46(6,7)39(59-41(55)27-45(4,5)44(56)57)20-21-48(38,9)35(34)16-17-36(47)43(42)49/h12-15,30,34-36,38-40H,16-29H2,1-11H3,(H,56,57)/t34-,35+,36-,38+,39+,40-,47+,48-,49+/m1/s1. The minimum atomic E-state index is -1.18. The van der Waals surface area contributed by atoms with Crippen LogP contribution in [0.5, 0.6) is 0 Å². The van der Waals surface area contributed by atoms with Crippen LogP contribution in [0.2, 0.25) is 5.02 Å². The first-order chi connectivity index (χ1) is 27.5. The van der Waals surface area contributed by atoms with E-state index in [1.54, 1.807) is 13.8 Å². The Kier molecular flexibility index (Phi) is 13.1. The lowest BCUT2D eigenvalue weighted by atomic mass is 9.37. The Morgan fingerprint density at radius 1 is 0.915 bits per heavy atom. The highest BCUT2D eigenvalue weighted by molar-refractivity contribution is 6.30. The van der Waals surface area contributed by atoms with Crippen LogP contribution in [0.3, 0.4) is 0 Å². The van der Waals surface area contributed by atoms with Gasteiger partial charge < -0.3 is 19.5 Å². The number of ether oxygens (including phenoxy) is 2. The van der Waals surface area contributed by atoms with Crippen LogP contribution in [0.15, 0.2) is 35.4 Å². The number of rotatable bonds is 14. The molecule has 9 atom stereocenters. The number of Topliss-reactive ketones (excluding diaryl/α,β-unsaturated/α-hetero) is 1. The first kappa shape index (κ1) is 45.8. The summed E-state index contributed by atoms with van der Waals surface area (Å²) in [6.07, 6.45) is 7.30. The second-order valence-electron chi connectivity index (χ2n) is 21.7. The van der Waals surface area contributed by atoms with Gasteiger partial charge in [-0.25, -0.2) is 0 Å². The van der Waals surface area contributed by atoms with Crippen LogP contribution in [0, 0.1) is 56.7 Å². The lowest BCUT2D eigenvalue weighted by Gasteiger charge is -2.68. The summed E-state index contributed by atoms with van der Waals surface area (Å²) in [5.74, 6) is 0.156. The normalized spacial score (nSPS) is 33.3. The molecule has 10 heteroatoms. The van der Waals surface area contributed by atoms with Crippen molar-refractivity contribution in [2.45, 2.75) is 145 Å². The van der Waals surface area contributed by atoms with Crippen LogP contribution >= 0.6 is 11.6 Å². The van der Waals surface area contributed by atoms with Crippen molar-refractivity contribution >= 4 is 35.3 Å². The van der Waals surface area contributed by atoms with Crippen LogP contribution in [0.25, 0.3) is 0 Å². The lowest BCUT2D eigenvalue weighted by molar-refractivity contribution is -0.206. The average molecular weight is 838 g/mol. The number of halogens is 1. The fraction of sp³-hybridized carbons (Fsp3) is 0.755. The van der Waals surface area contributed by atoms with E-state index >= 15 is 0 Å². The van der Waals surface area contributed by atoms with Crippen LogP contribution < -0.4 is 0 Å². The highest BCUT2D eigenvalue weighted by Crippen LogP contribution is 2.73. The predicted molar refractivity (Wildman–Crippen MR) is 232 cm³/mol. The number of likely N-dealkylation sites (N-methyl/N-ethyl adjacent to an activating group) is 1. The molecule has 59 heavy (non-hydrogen) atoms. The third kappa shape index (κ3) is 8.56. The smallest absolute Gasteiger partial charge is 0.309 e. The van der Waals surface area contributed by atoms with Crippen molar-refractivity contribution in [3.05, 3.63) is 46.0 Å². The number of carbonyl (C=O) groups is 4. The molecule has 0 heterocycles. The monoisotopic (exact) mass is 837 g/mol. The van der Waals surface area contributed by atoms with E-state index in [1.807, 2.05) is 12.1 Å². The van der Waals surface area contributed by atoms with Crippen LogP contribution in [-0.4, -0.2) is 84.5 Å². The molecule has 0 saturated heterocycles. The van der Waals surface area contributed by atoms with E-state index < -0.39 is 28.9 Å². The molecule has 1 aromatic carbocycles. The summed E-state index contributed by atoms with van der Waals surface area (Å²) in [5.41, 5.74) is 1.52. The number of hydrogen-bond acceptors (Lipinski definition) is 8. The second kappa shape index (κ2) is 16.8. The zero-order valence-electron chi connectivity index (χ0n) is 37.9. The number of benzene rings is 1. The lowest BCUT2D eigenvalue weighted by Crippen LogP contribution is -2.62. The van der Waals surface area contributed by atoms with E-state index in [4.69, 9.17) is 21.1 Å². The summed E-state index contributed by atoms with van der Waals surface area (Å²) < 4.78 is 12.7. The molecule has 0 amide bonds. The number of ketones is 1. The number of allylic oxidation sites excluding steroid dienone is 1. The molecule has 4 fully saturated rings. The molecule has 6 rings (SSSR count). The van der Waals surface area contributed by atoms with Gasteiger partial charge in [-0.05, 0) is 149 Å². The summed E-state index contributed by atoms with van der Waals surface area (Å²) in [6.45, 7) is 21.4. The first-order valence-corrected chi connectivity index (χ1v) is 22.8. The molecule has 0 aromatic heterocycles. The number of esters is 2. The summed E-state index contributed by atoms with van der Waals surface area (Å²) in [7, 11) is 4.15. The van der Waals surface area contributed by atoms with Gasteiger partial charge in [-0.15, -0.1) is 0 Å². The van der Waals surface area contributed by atoms with Crippen molar-refractivity contribution in [3.63, 3.8) is 0 Å². The molecule has 0 unspecified atom stereocenters. The van der Waals surface area contributed by atoms with E-state index in [9.17, 15) is 24.3 Å². The maximum atomic E-state index is 14.5. The molecule has 328 valence electrons. The largest absolute Gasteiger partial charge is 0.481 e. The topological polar surface area (TPSA) is 113 Å². The van der Waals surface area contributed by atoms with Gasteiger partial charge in [0.15, 0.2) is 5.78 Å². The predicted octanol–water partition coefficient (Wildman–Crippen LogP) is 9.64. The molecule has 5 aliphatic carbocycles. The van der Waals surface area contributed by atoms with Gasteiger partial charge in [0.1, 0.15) is 12.2 Å². The Balaban J connectivity index is 1.31. The van der Waals surface area contributed by atoms with Crippen molar-refractivity contribution in [2.75, 3.05) is 33.7 Å². The third-order valence-electron chi connectivity index (χ3n) is 16.6. The summed E-state index contributed by atoms with van der Waals surface area (Å²) >= 11 is 6.27. The first-order valence-electron chi connectivity index (χ1n) is 22.5. The van der Waals surface area contributed by atoms with E-state index in [1.165, 1.54) is 12.5 Å². The van der Waals surface area contributed by atoms with Crippen LogP contribution in [0.4, 0.5) is 0 Å². The number of carboxylic acids is 1. The Labute approximate surface area is 359 Å². The SMILES string of the molecule is CC(=O)O[C@H](CN(CCN(C)C)Cc1ccc(Cl)cc1)[C@@]12CC[C@]3(C)[C@H](CC[C@H]4[C@H]3CC[C@H]3C(C)(C)[C@@H](OC(=O)CC(C)(C)C(=O)O)CC[C@]43C)C1=C(C(C)C)C(=O)C2. The number of nitrogens with zero attached hydrogens (tertiary/aromatic N) is 2. The minimum absolute atomic E-state index is 0.00888. The van der Waals surface area contributed by atoms with Gasteiger partial charge in [-0.2, -0.15) is 0 Å². The van der Waals surface area contributed by atoms with Crippen molar-refractivity contribution in [1.29, 1.82) is 0 Å². The molecule has 0 bridgehead atoms. The van der Waals surface area contributed by atoms with Gasteiger partial charge in [0.2, 0.25) is 0 Å². The van der Waals surface area contributed by atoms with Crippen molar-refractivity contribution < 1.29 is 33.8 Å². The van der Waals surface area contributed by atoms with Crippen molar-refractivity contribution in [3.8, 4) is 0 Å². The van der Waals surface area contributed by atoms with Gasteiger partial charge in [-0.3, -0.25) is 24.1 Å². The van der Waals surface area contributed by atoms with Gasteiger partial charge in [0.25, 0.3) is 0 Å². The molecule has 1 aromatic rings. The average Bonchev–Trinajstić information content (AvgIpc) is 3.45. The Morgan fingerprint density at radius 2 is 1.56 bits per heavy atom. The van der Waals surface area contributed by atoms with Gasteiger partial charge in [-0.1, -0.05) is 65.3 Å². The van der Waals surface area contributed by atoms with Crippen molar-refractivity contribution in [2.24, 2.45) is 56.7 Å². The van der Waals surface area contributed by atoms with Crippen molar-refractivity contribution in [1.82, 2.24) is 9.80 Å². The molecular weight excluding hydrogens is 764 g/mol. The summed E-state index contributed by atoms with van der Waals surface area (Å²) in [4.78, 5) is 57.2. The minimum Gasteiger partial charge on any atom is -0.481 e. The number of hydrogen-bond donors (Lipinski definition) is 1. The zero-order chi connectivity index (χ0) is 43.5. The number of carbonyl (C=O) groups excluding carboxylic acids is 3. The Morgan fingerprint density at radius 3 is 2.17 bits per heavy atom. The van der Waals surface area contributed by atoms with E-state index in [2.05, 4.69) is 77.6 Å². The van der Waals surface area contributed by atoms with Gasteiger partial charge >= 0.3 is 17.9 Å². The van der Waals surface area contributed by atoms with Crippen LogP contribution in [0.1, 0.15) is 132 Å². The molecule has 1 N–H and O–H groups in total. The molecule has 0 spiro atoms. The number of aliphatic carboxylic acids is 1. The van der Waals surface area contributed by atoms with E-state index in [-0.39, 0.29) is 52.4 Å². The number of fused-ring (bicyclic) bond motifs is 7. The molecule has 0 radical (unpaired) electrons.